The normalized spacial score (nSPS) is 10.8. The fraction of sp³-hybridized carbons (Fsp3) is 0.500. The molecule has 17 heavy (non-hydrogen) atoms. The van der Waals surface area contributed by atoms with Crippen LogP contribution in [0.3, 0.4) is 0 Å². The summed E-state index contributed by atoms with van der Waals surface area (Å²) < 4.78 is 1.83. The lowest BCUT2D eigenvalue weighted by Crippen LogP contribution is -1.99. The van der Waals surface area contributed by atoms with Gasteiger partial charge in [-0.1, -0.05) is 13.3 Å². The van der Waals surface area contributed by atoms with Gasteiger partial charge in [-0.2, -0.15) is 5.10 Å². The van der Waals surface area contributed by atoms with Crippen LogP contribution >= 0.6 is 11.3 Å². The van der Waals surface area contributed by atoms with Gasteiger partial charge in [0.2, 0.25) is 0 Å². The molecule has 0 radical (unpaired) electrons. The average molecular weight is 250 g/mol. The maximum absolute atomic E-state index is 4.58. The molecule has 0 fully saturated rings. The number of aromatic nitrogens is 3. The van der Waals surface area contributed by atoms with Crippen molar-refractivity contribution in [3.05, 3.63) is 17.3 Å². The molecule has 2 heterocycles. The predicted octanol–water partition coefficient (Wildman–Crippen LogP) is 3.06. The SMILES string of the molecule is CCCCNc1nc(-c2cn(C)nc2C)cs1. The standard InChI is InChI=1S/C12H18N4S/c1-4-5-6-13-12-14-11(8-17-12)10-7-16(3)15-9(10)2/h7-8H,4-6H2,1-3H3,(H,13,14). The predicted molar refractivity (Wildman–Crippen MR) is 72.5 cm³/mol. The molecule has 0 atom stereocenters. The third kappa shape index (κ3) is 2.85. The van der Waals surface area contributed by atoms with E-state index in [2.05, 4.69) is 27.7 Å². The number of hydrogen-bond acceptors (Lipinski definition) is 4. The molecule has 0 aliphatic carbocycles. The summed E-state index contributed by atoms with van der Waals surface area (Å²) in [5.74, 6) is 0. The Balaban J connectivity index is 2.10. The summed E-state index contributed by atoms with van der Waals surface area (Å²) in [5, 5.41) is 10.8. The lowest BCUT2D eigenvalue weighted by atomic mass is 10.2. The van der Waals surface area contributed by atoms with Crippen LogP contribution in [0.2, 0.25) is 0 Å². The zero-order valence-corrected chi connectivity index (χ0v) is 11.3. The fourth-order valence-corrected chi connectivity index (χ4v) is 2.44. The van der Waals surface area contributed by atoms with Crippen LogP contribution in [-0.2, 0) is 7.05 Å². The minimum atomic E-state index is 0.996. The second kappa shape index (κ2) is 5.31. The quantitative estimate of drug-likeness (QED) is 0.829. The van der Waals surface area contributed by atoms with Gasteiger partial charge in [0.25, 0.3) is 0 Å². The van der Waals surface area contributed by atoms with E-state index in [1.807, 2.05) is 24.9 Å². The number of unbranched alkanes of at least 4 members (excludes halogenated alkanes) is 1. The van der Waals surface area contributed by atoms with Crippen molar-refractivity contribution < 1.29 is 0 Å². The van der Waals surface area contributed by atoms with Gasteiger partial charge in [-0.05, 0) is 13.3 Å². The minimum Gasteiger partial charge on any atom is -0.362 e. The van der Waals surface area contributed by atoms with Crippen molar-refractivity contribution in [3.63, 3.8) is 0 Å². The molecule has 0 aliphatic rings. The smallest absolute Gasteiger partial charge is 0.183 e. The second-order valence-corrected chi connectivity index (χ2v) is 4.98. The number of aryl methyl sites for hydroxylation is 2. The lowest BCUT2D eigenvalue weighted by molar-refractivity contribution is 0.756. The first-order valence-electron chi connectivity index (χ1n) is 5.90. The summed E-state index contributed by atoms with van der Waals surface area (Å²) >= 11 is 1.65. The third-order valence-electron chi connectivity index (χ3n) is 2.60. The molecule has 2 aromatic heterocycles. The Hall–Kier alpha value is -1.36. The van der Waals surface area contributed by atoms with Gasteiger partial charge in [-0.3, -0.25) is 4.68 Å². The van der Waals surface area contributed by atoms with Crippen molar-refractivity contribution in [2.24, 2.45) is 7.05 Å². The van der Waals surface area contributed by atoms with Crippen LogP contribution in [0, 0.1) is 6.92 Å². The highest BCUT2D eigenvalue weighted by Gasteiger charge is 2.09. The summed E-state index contributed by atoms with van der Waals surface area (Å²) in [4.78, 5) is 4.58. The highest BCUT2D eigenvalue weighted by atomic mass is 32.1. The Kier molecular flexibility index (Phi) is 3.78. The molecule has 1 N–H and O–H groups in total. The summed E-state index contributed by atoms with van der Waals surface area (Å²) in [7, 11) is 1.93. The largest absolute Gasteiger partial charge is 0.362 e. The summed E-state index contributed by atoms with van der Waals surface area (Å²) in [6.07, 6.45) is 4.40. The second-order valence-electron chi connectivity index (χ2n) is 4.12. The van der Waals surface area contributed by atoms with E-state index in [0.29, 0.717) is 0 Å². The van der Waals surface area contributed by atoms with E-state index in [-0.39, 0.29) is 0 Å². The highest BCUT2D eigenvalue weighted by Crippen LogP contribution is 2.26. The molecule has 0 aliphatic heterocycles. The molecule has 2 rings (SSSR count). The first kappa shape index (κ1) is 12.1. The van der Waals surface area contributed by atoms with Gasteiger partial charge in [0.15, 0.2) is 5.13 Å². The highest BCUT2D eigenvalue weighted by molar-refractivity contribution is 7.14. The maximum Gasteiger partial charge on any atom is 0.183 e. The van der Waals surface area contributed by atoms with Gasteiger partial charge in [-0.15, -0.1) is 11.3 Å². The Labute approximate surface area is 106 Å². The van der Waals surface area contributed by atoms with Crippen LogP contribution < -0.4 is 5.32 Å². The molecule has 92 valence electrons. The molecule has 0 amide bonds. The molecule has 0 saturated carbocycles. The van der Waals surface area contributed by atoms with Crippen molar-refractivity contribution in [2.45, 2.75) is 26.7 Å². The topological polar surface area (TPSA) is 42.7 Å². The number of rotatable bonds is 5. The summed E-state index contributed by atoms with van der Waals surface area (Å²) in [6, 6.07) is 0. The van der Waals surface area contributed by atoms with E-state index < -0.39 is 0 Å². The van der Waals surface area contributed by atoms with E-state index in [1.165, 1.54) is 12.8 Å². The van der Waals surface area contributed by atoms with Crippen LogP contribution in [0.4, 0.5) is 5.13 Å². The molecule has 0 unspecified atom stereocenters. The molecule has 2 aromatic rings. The number of anilines is 1. The average Bonchev–Trinajstić information content (AvgIpc) is 2.86. The Morgan fingerprint density at radius 1 is 1.47 bits per heavy atom. The van der Waals surface area contributed by atoms with Crippen LogP contribution in [0.15, 0.2) is 11.6 Å². The maximum atomic E-state index is 4.58. The van der Waals surface area contributed by atoms with Crippen LogP contribution in [0.1, 0.15) is 25.5 Å². The fourth-order valence-electron chi connectivity index (χ4n) is 1.70. The summed E-state index contributed by atoms with van der Waals surface area (Å²) in [6.45, 7) is 5.20. The van der Waals surface area contributed by atoms with Crippen LogP contribution in [-0.4, -0.2) is 21.3 Å². The van der Waals surface area contributed by atoms with Crippen molar-refractivity contribution in [1.29, 1.82) is 0 Å². The van der Waals surface area contributed by atoms with Crippen molar-refractivity contribution >= 4 is 16.5 Å². The van der Waals surface area contributed by atoms with E-state index >= 15 is 0 Å². The molecule has 0 aromatic carbocycles. The Bertz CT molecular complexity index is 486. The minimum absolute atomic E-state index is 0.996. The van der Waals surface area contributed by atoms with E-state index in [1.54, 1.807) is 11.3 Å². The molecular weight excluding hydrogens is 232 g/mol. The Morgan fingerprint density at radius 3 is 2.94 bits per heavy atom. The van der Waals surface area contributed by atoms with E-state index in [9.17, 15) is 0 Å². The number of thiazole rings is 1. The van der Waals surface area contributed by atoms with Crippen molar-refractivity contribution in [3.8, 4) is 11.3 Å². The van der Waals surface area contributed by atoms with Crippen LogP contribution in [0.25, 0.3) is 11.3 Å². The molecular formula is C12H18N4S. The van der Waals surface area contributed by atoms with E-state index in [4.69, 9.17) is 0 Å². The van der Waals surface area contributed by atoms with Gasteiger partial charge < -0.3 is 5.32 Å². The first-order chi connectivity index (χ1) is 8.20. The molecule has 0 bridgehead atoms. The zero-order chi connectivity index (χ0) is 12.3. The molecule has 0 saturated heterocycles. The van der Waals surface area contributed by atoms with Crippen molar-refractivity contribution in [1.82, 2.24) is 14.8 Å². The Morgan fingerprint density at radius 2 is 2.29 bits per heavy atom. The third-order valence-corrected chi connectivity index (χ3v) is 3.40. The van der Waals surface area contributed by atoms with Gasteiger partial charge in [-0.25, -0.2) is 4.98 Å². The monoisotopic (exact) mass is 250 g/mol. The zero-order valence-electron chi connectivity index (χ0n) is 10.5. The molecule has 5 heteroatoms. The summed E-state index contributed by atoms with van der Waals surface area (Å²) in [5.41, 5.74) is 3.16. The van der Waals surface area contributed by atoms with E-state index in [0.717, 1.165) is 28.6 Å². The number of nitrogens with one attached hydrogen (secondary N) is 1. The van der Waals surface area contributed by atoms with Gasteiger partial charge >= 0.3 is 0 Å². The number of nitrogens with zero attached hydrogens (tertiary/aromatic N) is 3. The number of hydrogen-bond donors (Lipinski definition) is 1. The van der Waals surface area contributed by atoms with Crippen molar-refractivity contribution in [2.75, 3.05) is 11.9 Å². The van der Waals surface area contributed by atoms with Gasteiger partial charge in [0, 0.05) is 30.7 Å². The molecule has 4 nitrogen and oxygen atoms in total. The van der Waals surface area contributed by atoms with Crippen LogP contribution in [0.5, 0.6) is 0 Å². The lowest BCUT2D eigenvalue weighted by Gasteiger charge is -1.99. The molecule has 0 spiro atoms. The van der Waals surface area contributed by atoms with Gasteiger partial charge in [0.1, 0.15) is 0 Å². The first-order valence-corrected chi connectivity index (χ1v) is 6.78. The van der Waals surface area contributed by atoms with Gasteiger partial charge in [0.05, 0.1) is 11.4 Å².